The highest BCUT2D eigenvalue weighted by Crippen LogP contribution is 2.26. The molecule has 0 fully saturated rings. The molecule has 0 amide bonds. The second-order valence-corrected chi connectivity index (χ2v) is 4.16. The van der Waals surface area contributed by atoms with Crippen LogP contribution in [-0.2, 0) is 6.42 Å². The molecule has 0 saturated heterocycles. The molecule has 0 aliphatic heterocycles. The van der Waals surface area contributed by atoms with E-state index in [0.717, 1.165) is 0 Å². The average Bonchev–Trinajstić information content (AvgIpc) is 2.21. The van der Waals surface area contributed by atoms with Crippen LogP contribution in [0.3, 0.4) is 0 Å². The molecule has 0 radical (unpaired) electrons. The Labute approximate surface area is 89.3 Å². The summed E-state index contributed by atoms with van der Waals surface area (Å²) in [4.78, 5) is 0. The Balaban J connectivity index is 2.89. The van der Waals surface area contributed by atoms with E-state index in [-0.39, 0.29) is 24.7 Å². The number of hydrogen-bond donors (Lipinski definition) is 1. The van der Waals surface area contributed by atoms with Crippen molar-refractivity contribution in [1.29, 1.82) is 0 Å². The maximum Gasteiger partial charge on any atom is 0.129 e. The first-order valence-electron chi connectivity index (χ1n) is 5.12. The number of halogens is 2. The highest BCUT2D eigenvalue weighted by molar-refractivity contribution is 5.19. The lowest BCUT2D eigenvalue weighted by atomic mass is 9.86. The SMILES string of the molecule is CC(C)C(F)(CN)Cc1ccccc1F. The van der Waals surface area contributed by atoms with E-state index in [4.69, 9.17) is 5.73 Å². The number of rotatable bonds is 4. The first-order valence-corrected chi connectivity index (χ1v) is 5.12. The van der Waals surface area contributed by atoms with Crippen LogP contribution in [0.25, 0.3) is 0 Å². The molecule has 0 saturated carbocycles. The fourth-order valence-electron chi connectivity index (χ4n) is 1.47. The van der Waals surface area contributed by atoms with Gasteiger partial charge in [-0.3, -0.25) is 0 Å². The van der Waals surface area contributed by atoms with Crippen LogP contribution in [0, 0.1) is 11.7 Å². The minimum Gasteiger partial charge on any atom is -0.328 e. The Hall–Kier alpha value is -0.960. The molecule has 1 atom stereocenters. The number of alkyl halides is 1. The van der Waals surface area contributed by atoms with Crippen molar-refractivity contribution in [2.75, 3.05) is 6.54 Å². The van der Waals surface area contributed by atoms with Gasteiger partial charge >= 0.3 is 0 Å². The molecule has 1 unspecified atom stereocenters. The van der Waals surface area contributed by atoms with Crippen molar-refractivity contribution in [3.63, 3.8) is 0 Å². The molecular formula is C12H17F2N. The lowest BCUT2D eigenvalue weighted by molar-refractivity contribution is 0.109. The van der Waals surface area contributed by atoms with Crippen LogP contribution < -0.4 is 5.73 Å². The predicted molar refractivity (Wildman–Crippen MR) is 57.8 cm³/mol. The maximum atomic E-state index is 14.2. The number of benzene rings is 1. The molecule has 2 N–H and O–H groups in total. The van der Waals surface area contributed by atoms with Crippen molar-refractivity contribution in [2.24, 2.45) is 11.7 Å². The summed E-state index contributed by atoms with van der Waals surface area (Å²) < 4.78 is 27.5. The standard InChI is InChI=1S/C12H17F2N/c1-9(2)12(14,8-15)7-10-5-3-4-6-11(10)13/h3-6,9H,7-8,15H2,1-2H3. The third kappa shape index (κ3) is 2.75. The molecule has 0 heterocycles. The van der Waals surface area contributed by atoms with E-state index >= 15 is 0 Å². The molecule has 3 heteroatoms. The smallest absolute Gasteiger partial charge is 0.129 e. The second kappa shape index (κ2) is 4.71. The lowest BCUT2D eigenvalue weighted by Gasteiger charge is -2.28. The normalized spacial score (nSPS) is 15.3. The zero-order valence-electron chi connectivity index (χ0n) is 9.13. The zero-order valence-corrected chi connectivity index (χ0v) is 9.13. The van der Waals surface area contributed by atoms with Crippen LogP contribution in [0.4, 0.5) is 8.78 Å². The van der Waals surface area contributed by atoms with Gasteiger partial charge in [-0.2, -0.15) is 0 Å². The Morgan fingerprint density at radius 1 is 1.33 bits per heavy atom. The van der Waals surface area contributed by atoms with E-state index in [1.54, 1.807) is 32.0 Å². The summed E-state index contributed by atoms with van der Waals surface area (Å²) >= 11 is 0. The van der Waals surface area contributed by atoms with Gasteiger partial charge in [0, 0.05) is 13.0 Å². The van der Waals surface area contributed by atoms with Gasteiger partial charge in [0.15, 0.2) is 0 Å². The molecule has 0 aliphatic carbocycles. The molecule has 1 rings (SSSR count). The summed E-state index contributed by atoms with van der Waals surface area (Å²) in [5, 5.41) is 0. The van der Waals surface area contributed by atoms with Gasteiger partial charge in [-0.05, 0) is 17.5 Å². The third-order valence-corrected chi connectivity index (χ3v) is 2.82. The van der Waals surface area contributed by atoms with Gasteiger partial charge < -0.3 is 5.73 Å². The van der Waals surface area contributed by atoms with Crippen LogP contribution in [0.2, 0.25) is 0 Å². The Morgan fingerprint density at radius 3 is 2.40 bits per heavy atom. The first kappa shape index (κ1) is 12.1. The molecule has 0 aromatic heterocycles. The van der Waals surface area contributed by atoms with Crippen molar-refractivity contribution in [2.45, 2.75) is 25.9 Å². The van der Waals surface area contributed by atoms with Crippen LogP contribution in [0.15, 0.2) is 24.3 Å². The van der Waals surface area contributed by atoms with Crippen molar-refractivity contribution in [3.05, 3.63) is 35.6 Å². The summed E-state index contributed by atoms with van der Waals surface area (Å²) in [6.07, 6.45) is 0.0356. The van der Waals surface area contributed by atoms with E-state index < -0.39 is 5.67 Å². The quantitative estimate of drug-likeness (QED) is 0.817. The van der Waals surface area contributed by atoms with Crippen molar-refractivity contribution in [3.8, 4) is 0 Å². The highest BCUT2D eigenvalue weighted by atomic mass is 19.1. The van der Waals surface area contributed by atoms with E-state index in [0.29, 0.717) is 5.56 Å². The van der Waals surface area contributed by atoms with E-state index in [1.807, 2.05) is 0 Å². The molecule has 15 heavy (non-hydrogen) atoms. The van der Waals surface area contributed by atoms with Crippen LogP contribution in [0.1, 0.15) is 19.4 Å². The van der Waals surface area contributed by atoms with Gasteiger partial charge in [-0.25, -0.2) is 8.78 Å². The second-order valence-electron chi connectivity index (χ2n) is 4.16. The van der Waals surface area contributed by atoms with Crippen LogP contribution in [-0.4, -0.2) is 12.2 Å². The van der Waals surface area contributed by atoms with Gasteiger partial charge in [0.1, 0.15) is 11.5 Å². The lowest BCUT2D eigenvalue weighted by Crippen LogP contribution is -2.40. The molecule has 1 aromatic carbocycles. The predicted octanol–water partition coefficient (Wildman–Crippen LogP) is 2.69. The molecule has 1 aromatic rings. The minimum absolute atomic E-state index is 0.0356. The minimum atomic E-state index is -1.53. The molecule has 0 spiro atoms. The van der Waals surface area contributed by atoms with E-state index in [9.17, 15) is 8.78 Å². The van der Waals surface area contributed by atoms with Crippen LogP contribution in [0.5, 0.6) is 0 Å². The van der Waals surface area contributed by atoms with Gasteiger partial charge in [-0.1, -0.05) is 32.0 Å². The summed E-state index contributed by atoms with van der Waals surface area (Å²) in [6.45, 7) is 3.43. The number of nitrogens with two attached hydrogens (primary N) is 1. The Kier molecular flexibility index (Phi) is 3.80. The fraction of sp³-hybridized carbons (Fsp3) is 0.500. The molecule has 0 bridgehead atoms. The van der Waals surface area contributed by atoms with Gasteiger partial charge in [0.05, 0.1) is 0 Å². The Morgan fingerprint density at radius 2 is 1.93 bits per heavy atom. The summed E-state index contributed by atoms with van der Waals surface area (Å²) in [5.41, 5.74) is 4.27. The summed E-state index contributed by atoms with van der Waals surface area (Å²) in [6, 6.07) is 6.24. The average molecular weight is 213 g/mol. The summed E-state index contributed by atoms with van der Waals surface area (Å²) in [5.74, 6) is -0.587. The van der Waals surface area contributed by atoms with Gasteiger partial charge in [0.2, 0.25) is 0 Å². The van der Waals surface area contributed by atoms with Gasteiger partial charge in [-0.15, -0.1) is 0 Å². The van der Waals surface area contributed by atoms with E-state index in [1.165, 1.54) is 6.07 Å². The van der Waals surface area contributed by atoms with Crippen molar-refractivity contribution >= 4 is 0 Å². The topological polar surface area (TPSA) is 26.0 Å². The van der Waals surface area contributed by atoms with Crippen molar-refractivity contribution < 1.29 is 8.78 Å². The monoisotopic (exact) mass is 213 g/mol. The fourth-order valence-corrected chi connectivity index (χ4v) is 1.47. The molecule has 0 aliphatic rings. The van der Waals surface area contributed by atoms with Crippen LogP contribution >= 0.6 is 0 Å². The van der Waals surface area contributed by atoms with Gasteiger partial charge in [0.25, 0.3) is 0 Å². The Bertz CT molecular complexity index is 325. The third-order valence-electron chi connectivity index (χ3n) is 2.82. The maximum absolute atomic E-state index is 14.2. The largest absolute Gasteiger partial charge is 0.328 e. The molecular weight excluding hydrogens is 196 g/mol. The highest BCUT2D eigenvalue weighted by Gasteiger charge is 2.32. The zero-order chi connectivity index (χ0) is 11.5. The van der Waals surface area contributed by atoms with E-state index in [2.05, 4.69) is 0 Å². The first-order chi connectivity index (χ1) is 6.99. The van der Waals surface area contributed by atoms with Crippen molar-refractivity contribution in [1.82, 2.24) is 0 Å². The number of hydrogen-bond acceptors (Lipinski definition) is 1. The summed E-state index contributed by atoms with van der Waals surface area (Å²) in [7, 11) is 0. The molecule has 84 valence electrons. The molecule has 1 nitrogen and oxygen atoms in total.